The van der Waals surface area contributed by atoms with Gasteiger partial charge in [-0.1, -0.05) is 35.9 Å². The number of sulfone groups is 1. The Balaban J connectivity index is 2.10. The van der Waals surface area contributed by atoms with Crippen molar-refractivity contribution in [3.05, 3.63) is 75.7 Å². The topological polar surface area (TPSA) is 34.1 Å². The Morgan fingerprint density at radius 3 is 2.04 bits per heavy atom. The van der Waals surface area contributed by atoms with E-state index in [0.717, 1.165) is 17.5 Å². The van der Waals surface area contributed by atoms with Gasteiger partial charge in [0.15, 0.2) is 9.84 Å². The summed E-state index contributed by atoms with van der Waals surface area (Å²) in [5.74, 6) is -0.207. The molecule has 0 heterocycles. The normalized spacial score (nSPS) is 12.7. The van der Waals surface area contributed by atoms with Crippen molar-refractivity contribution in [2.24, 2.45) is 0 Å². The lowest BCUT2D eigenvalue weighted by atomic mass is 10.1. The van der Waals surface area contributed by atoms with Crippen LogP contribution in [0.25, 0.3) is 6.08 Å². The first-order chi connectivity index (χ1) is 10.7. The lowest BCUT2D eigenvalue weighted by Gasteiger charge is -2.06. The second-order valence-electron chi connectivity index (χ2n) is 4.86. The quantitative estimate of drug-likeness (QED) is 0.773. The van der Waals surface area contributed by atoms with E-state index in [4.69, 9.17) is 11.6 Å². The van der Waals surface area contributed by atoms with E-state index in [9.17, 15) is 21.6 Å². The number of halogens is 4. The molecule has 0 unspecified atom stereocenters. The van der Waals surface area contributed by atoms with E-state index in [0.29, 0.717) is 16.1 Å². The maximum absolute atomic E-state index is 12.4. The van der Waals surface area contributed by atoms with Crippen LogP contribution in [0.3, 0.4) is 0 Å². The third kappa shape index (κ3) is 5.41. The molecule has 0 spiro atoms. The van der Waals surface area contributed by atoms with Crippen LogP contribution in [-0.4, -0.2) is 8.42 Å². The number of alkyl halides is 3. The molecule has 23 heavy (non-hydrogen) atoms. The van der Waals surface area contributed by atoms with Crippen LogP contribution >= 0.6 is 11.6 Å². The molecule has 2 rings (SSSR count). The van der Waals surface area contributed by atoms with E-state index >= 15 is 0 Å². The van der Waals surface area contributed by atoms with Crippen molar-refractivity contribution in [2.45, 2.75) is 11.9 Å². The van der Waals surface area contributed by atoms with Gasteiger partial charge in [0.05, 0.1) is 11.3 Å². The molecule has 0 aliphatic heterocycles. The highest BCUT2D eigenvalue weighted by Gasteiger charge is 2.29. The Morgan fingerprint density at radius 1 is 0.957 bits per heavy atom. The van der Waals surface area contributed by atoms with Gasteiger partial charge in [0, 0.05) is 10.4 Å². The summed E-state index contributed by atoms with van der Waals surface area (Å²) >= 11 is 5.73. The van der Waals surface area contributed by atoms with Gasteiger partial charge >= 0.3 is 6.18 Å². The Morgan fingerprint density at radius 2 is 1.52 bits per heavy atom. The largest absolute Gasteiger partial charge is 0.416 e. The summed E-state index contributed by atoms with van der Waals surface area (Å²) in [5, 5.41) is 1.50. The van der Waals surface area contributed by atoms with Gasteiger partial charge in [-0.25, -0.2) is 8.42 Å². The molecule has 0 saturated heterocycles. The van der Waals surface area contributed by atoms with Crippen LogP contribution in [0.5, 0.6) is 0 Å². The van der Waals surface area contributed by atoms with E-state index < -0.39 is 21.6 Å². The van der Waals surface area contributed by atoms with Crippen molar-refractivity contribution < 1.29 is 21.6 Å². The highest BCUT2D eigenvalue weighted by Crippen LogP contribution is 2.29. The van der Waals surface area contributed by atoms with Gasteiger partial charge in [0.1, 0.15) is 0 Å². The molecule has 122 valence electrons. The molecule has 0 saturated carbocycles. The van der Waals surface area contributed by atoms with Crippen molar-refractivity contribution in [1.82, 2.24) is 0 Å². The minimum absolute atomic E-state index is 0.207. The van der Waals surface area contributed by atoms with Crippen LogP contribution in [0.15, 0.2) is 53.9 Å². The average Bonchev–Trinajstić information content (AvgIpc) is 2.47. The zero-order valence-corrected chi connectivity index (χ0v) is 13.3. The van der Waals surface area contributed by atoms with Crippen molar-refractivity contribution >= 4 is 27.5 Å². The first kappa shape index (κ1) is 17.6. The average molecular weight is 361 g/mol. The highest BCUT2D eigenvalue weighted by molar-refractivity contribution is 7.93. The second-order valence-corrected chi connectivity index (χ2v) is 7.18. The predicted molar refractivity (Wildman–Crippen MR) is 84.6 cm³/mol. The smallest absolute Gasteiger partial charge is 0.224 e. The number of hydrogen-bond acceptors (Lipinski definition) is 2. The van der Waals surface area contributed by atoms with Gasteiger partial charge in [-0.2, -0.15) is 13.2 Å². The number of benzene rings is 2. The Hall–Kier alpha value is -1.79. The first-order valence-electron chi connectivity index (χ1n) is 6.48. The van der Waals surface area contributed by atoms with Crippen molar-refractivity contribution in [2.75, 3.05) is 0 Å². The monoisotopic (exact) mass is 360 g/mol. The minimum atomic E-state index is -4.41. The molecule has 0 aliphatic carbocycles. The van der Waals surface area contributed by atoms with Gasteiger partial charge in [0.2, 0.25) is 0 Å². The van der Waals surface area contributed by atoms with E-state index in [1.807, 2.05) is 0 Å². The zero-order chi connectivity index (χ0) is 17.1. The van der Waals surface area contributed by atoms with Gasteiger partial charge in [0.25, 0.3) is 0 Å². The zero-order valence-electron chi connectivity index (χ0n) is 11.7. The molecule has 2 aromatic carbocycles. The molecule has 0 amide bonds. The fourth-order valence-electron chi connectivity index (χ4n) is 1.83. The molecular formula is C16H12ClF3O2S. The van der Waals surface area contributed by atoms with Gasteiger partial charge in [-0.3, -0.25) is 0 Å². The number of hydrogen-bond donors (Lipinski definition) is 0. The summed E-state index contributed by atoms with van der Waals surface area (Å²) in [5.41, 5.74) is 0.169. The third-order valence-corrected chi connectivity index (χ3v) is 4.53. The van der Waals surface area contributed by atoms with Crippen LogP contribution in [0.1, 0.15) is 16.7 Å². The van der Waals surface area contributed by atoms with Gasteiger partial charge < -0.3 is 0 Å². The van der Waals surface area contributed by atoms with Crippen molar-refractivity contribution in [3.8, 4) is 0 Å². The number of rotatable bonds is 4. The maximum Gasteiger partial charge on any atom is 0.416 e. The fraction of sp³-hybridized carbons (Fsp3) is 0.125. The SMILES string of the molecule is O=S(=O)(C=Cc1ccc(C(F)(F)F)cc1)Cc1ccc(Cl)cc1. The van der Waals surface area contributed by atoms with E-state index in [1.54, 1.807) is 24.3 Å². The minimum Gasteiger partial charge on any atom is -0.224 e. The summed E-state index contributed by atoms with van der Waals surface area (Å²) in [6.45, 7) is 0. The first-order valence-corrected chi connectivity index (χ1v) is 8.58. The molecule has 0 radical (unpaired) electrons. The van der Waals surface area contributed by atoms with Crippen molar-refractivity contribution in [1.29, 1.82) is 0 Å². The van der Waals surface area contributed by atoms with Crippen LogP contribution in [0.4, 0.5) is 13.2 Å². The molecule has 0 N–H and O–H groups in total. The molecule has 0 fully saturated rings. The Labute approximate surface area is 137 Å². The summed E-state index contributed by atoms with van der Waals surface area (Å²) < 4.78 is 61.3. The predicted octanol–water partition coefficient (Wildman–Crippen LogP) is 4.94. The molecule has 0 aromatic heterocycles. The molecule has 2 aromatic rings. The molecule has 0 aliphatic rings. The molecular weight excluding hydrogens is 349 g/mol. The summed E-state index contributed by atoms with van der Waals surface area (Å²) in [7, 11) is -3.53. The second kappa shape index (κ2) is 6.76. The molecule has 7 heteroatoms. The Bertz CT molecular complexity index is 793. The standard InChI is InChI=1S/C16H12ClF3O2S/c17-15-7-3-13(4-8-15)11-23(21,22)10-9-12-1-5-14(6-2-12)16(18,19)20/h1-10H,11H2. The van der Waals surface area contributed by atoms with Crippen LogP contribution in [0, 0.1) is 0 Å². The van der Waals surface area contributed by atoms with E-state index in [-0.39, 0.29) is 5.75 Å². The van der Waals surface area contributed by atoms with E-state index in [1.165, 1.54) is 18.2 Å². The Kier molecular flexibility index (Phi) is 5.16. The van der Waals surface area contributed by atoms with Gasteiger partial charge in [-0.05, 0) is 41.5 Å². The van der Waals surface area contributed by atoms with Crippen LogP contribution in [-0.2, 0) is 21.8 Å². The maximum atomic E-state index is 12.4. The summed E-state index contributed by atoms with van der Waals surface area (Å²) in [6.07, 6.45) is -3.14. The summed E-state index contributed by atoms with van der Waals surface area (Å²) in [4.78, 5) is 0. The third-order valence-electron chi connectivity index (χ3n) is 2.99. The lowest BCUT2D eigenvalue weighted by molar-refractivity contribution is -0.137. The highest BCUT2D eigenvalue weighted by atomic mass is 35.5. The van der Waals surface area contributed by atoms with Gasteiger partial charge in [-0.15, -0.1) is 0 Å². The molecule has 2 nitrogen and oxygen atoms in total. The molecule has 0 bridgehead atoms. The fourth-order valence-corrected chi connectivity index (χ4v) is 3.07. The van der Waals surface area contributed by atoms with Crippen LogP contribution in [0.2, 0.25) is 5.02 Å². The molecule has 0 atom stereocenters. The lowest BCUT2D eigenvalue weighted by Crippen LogP contribution is -2.04. The van der Waals surface area contributed by atoms with Crippen LogP contribution < -0.4 is 0 Å². The summed E-state index contributed by atoms with van der Waals surface area (Å²) in [6, 6.07) is 10.6. The van der Waals surface area contributed by atoms with E-state index in [2.05, 4.69) is 0 Å². The van der Waals surface area contributed by atoms with Crippen molar-refractivity contribution in [3.63, 3.8) is 0 Å².